The minimum Gasteiger partial charge on any atom is -0.502 e. The molecule has 0 spiro atoms. The first-order valence-corrected chi connectivity index (χ1v) is 10.6. The van der Waals surface area contributed by atoms with Crippen molar-refractivity contribution in [3.8, 4) is 23.0 Å². The molecule has 0 radical (unpaired) electrons. The number of nitrogens with zero attached hydrogens (tertiary/aromatic N) is 1. The van der Waals surface area contributed by atoms with Crippen LogP contribution < -0.4 is 19.6 Å². The van der Waals surface area contributed by atoms with E-state index in [-0.39, 0.29) is 19.0 Å². The van der Waals surface area contributed by atoms with Crippen LogP contribution >= 0.6 is 0 Å². The van der Waals surface area contributed by atoms with Gasteiger partial charge in [-0.05, 0) is 43.6 Å². The van der Waals surface area contributed by atoms with Crippen molar-refractivity contribution < 1.29 is 33.3 Å². The predicted octanol–water partition coefficient (Wildman–Crippen LogP) is 2.76. The SMILES string of the molecule is COC(=O)CC(c1cc(OC)c2c(c1)OCO2)c1oc(CN2CCCCC2)cc(=O)c1O. The molecule has 0 amide bonds. The lowest BCUT2D eigenvalue weighted by molar-refractivity contribution is -0.140. The summed E-state index contributed by atoms with van der Waals surface area (Å²) in [5.74, 6) is -0.0784. The van der Waals surface area contributed by atoms with Gasteiger partial charge < -0.3 is 28.5 Å². The van der Waals surface area contributed by atoms with E-state index in [9.17, 15) is 14.7 Å². The Morgan fingerprint density at radius 2 is 1.94 bits per heavy atom. The minimum atomic E-state index is -0.792. The Kier molecular flexibility index (Phi) is 6.55. The summed E-state index contributed by atoms with van der Waals surface area (Å²) in [6.45, 7) is 2.34. The third-order valence-corrected chi connectivity index (χ3v) is 5.83. The summed E-state index contributed by atoms with van der Waals surface area (Å²) in [5, 5.41) is 10.6. The molecule has 1 N–H and O–H groups in total. The number of aromatic hydroxyl groups is 1. The lowest BCUT2D eigenvalue weighted by atomic mass is 9.91. The van der Waals surface area contributed by atoms with E-state index in [1.54, 1.807) is 12.1 Å². The molecule has 1 unspecified atom stereocenters. The summed E-state index contributed by atoms with van der Waals surface area (Å²) in [4.78, 5) is 27.0. The molecule has 172 valence electrons. The van der Waals surface area contributed by atoms with Crippen molar-refractivity contribution in [2.24, 2.45) is 0 Å². The van der Waals surface area contributed by atoms with Gasteiger partial charge in [-0.15, -0.1) is 0 Å². The number of benzene rings is 1. The molecule has 0 aliphatic carbocycles. The molecule has 2 aliphatic heterocycles. The fraction of sp³-hybridized carbons (Fsp3) is 0.478. The van der Waals surface area contributed by atoms with Gasteiger partial charge in [-0.2, -0.15) is 0 Å². The molecule has 1 atom stereocenters. The van der Waals surface area contributed by atoms with Crippen LogP contribution in [0.3, 0.4) is 0 Å². The van der Waals surface area contributed by atoms with Gasteiger partial charge in [-0.3, -0.25) is 14.5 Å². The number of rotatable bonds is 7. The van der Waals surface area contributed by atoms with Crippen LogP contribution in [0, 0.1) is 0 Å². The summed E-state index contributed by atoms with van der Waals surface area (Å²) in [5.41, 5.74) is 0.00547. The van der Waals surface area contributed by atoms with E-state index >= 15 is 0 Å². The molecule has 1 fully saturated rings. The zero-order valence-electron chi connectivity index (χ0n) is 18.2. The predicted molar refractivity (Wildman–Crippen MR) is 113 cm³/mol. The largest absolute Gasteiger partial charge is 0.502 e. The summed E-state index contributed by atoms with van der Waals surface area (Å²) in [7, 11) is 2.77. The first-order valence-electron chi connectivity index (χ1n) is 10.6. The minimum absolute atomic E-state index is 0.0100. The number of carbonyl (C=O) groups is 1. The van der Waals surface area contributed by atoms with Crippen molar-refractivity contribution in [2.75, 3.05) is 34.1 Å². The average Bonchev–Trinajstić information content (AvgIpc) is 3.28. The van der Waals surface area contributed by atoms with E-state index < -0.39 is 23.1 Å². The first kappa shape index (κ1) is 22.0. The molecule has 9 nitrogen and oxygen atoms in total. The molecule has 0 saturated carbocycles. The maximum Gasteiger partial charge on any atom is 0.306 e. The highest BCUT2D eigenvalue weighted by atomic mass is 16.7. The standard InChI is InChI=1S/C23H27NO8/c1-28-18-8-14(9-19-23(18)31-13-30-19)16(11-20(26)29-2)22-21(27)17(25)10-15(32-22)12-24-6-4-3-5-7-24/h8-10,16,27H,3-7,11-13H2,1-2H3. The highest BCUT2D eigenvalue weighted by Gasteiger charge is 2.30. The highest BCUT2D eigenvalue weighted by molar-refractivity contribution is 5.71. The van der Waals surface area contributed by atoms with Gasteiger partial charge in [0.25, 0.3) is 0 Å². The summed E-state index contributed by atoms with van der Waals surface area (Å²) >= 11 is 0. The number of fused-ring (bicyclic) bond motifs is 1. The van der Waals surface area contributed by atoms with Crippen LogP contribution in [-0.2, 0) is 16.1 Å². The second-order valence-electron chi connectivity index (χ2n) is 7.92. The van der Waals surface area contributed by atoms with Crippen LogP contribution in [-0.4, -0.2) is 50.1 Å². The molecule has 1 aromatic heterocycles. The summed E-state index contributed by atoms with van der Waals surface area (Å²) in [6.07, 6.45) is 3.23. The van der Waals surface area contributed by atoms with Crippen LogP contribution in [0.2, 0.25) is 0 Å². The van der Waals surface area contributed by atoms with Crippen LogP contribution in [0.25, 0.3) is 0 Å². The quantitative estimate of drug-likeness (QED) is 0.644. The van der Waals surface area contributed by atoms with E-state index in [2.05, 4.69) is 4.90 Å². The van der Waals surface area contributed by atoms with Crippen molar-refractivity contribution in [2.45, 2.75) is 38.1 Å². The second-order valence-corrected chi connectivity index (χ2v) is 7.92. The Bertz CT molecular complexity index is 1040. The fourth-order valence-electron chi connectivity index (χ4n) is 4.17. The smallest absolute Gasteiger partial charge is 0.306 e. The lowest BCUT2D eigenvalue weighted by Gasteiger charge is -2.26. The average molecular weight is 445 g/mol. The molecule has 2 aromatic rings. The number of hydrogen-bond acceptors (Lipinski definition) is 9. The number of ether oxygens (including phenoxy) is 4. The van der Waals surface area contributed by atoms with Gasteiger partial charge in [-0.1, -0.05) is 6.42 Å². The normalized spacial score (nSPS) is 16.6. The Hall–Kier alpha value is -3.20. The maximum atomic E-state index is 12.6. The highest BCUT2D eigenvalue weighted by Crippen LogP contribution is 2.45. The van der Waals surface area contributed by atoms with E-state index in [0.717, 1.165) is 25.9 Å². The van der Waals surface area contributed by atoms with Crippen LogP contribution in [0.5, 0.6) is 23.0 Å². The fourth-order valence-corrected chi connectivity index (χ4v) is 4.17. The zero-order valence-corrected chi connectivity index (χ0v) is 18.2. The number of likely N-dealkylation sites (tertiary alicyclic amines) is 1. The molecule has 2 aliphatic rings. The maximum absolute atomic E-state index is 12.6. The molecule has 3 heterocycles. The van der Waals surface area contributed by atoms with Crippen LogP contribution in [0.4, 0.5) is 0 Å². The van der Waals surface area contributed by atoms with Crippen molar-refractivity contribution in [1.29, 1.82) is 0 Å². The molecule has 1 aromatic carbocycles. The molecule has 4 rings (SSSR count). The van der Waals surface area contributed by atoms with Crippen molar-refractivity contribution >= 4 is 5.97 Å². The van der Waals surface area contributed by atoms with Gasteiger partial charge in [0.2, 0.25) is 23.7 Å². The molecular weight excluding hydrogens is 418 g/mol. The number of piperidine rings is 1. The van der Waals surface area contributed by atoms with Gasteiger partial charge in [0.1, 0.15) is 5.76 Å². The summed E-state index contributed by atoms with van der Waals surface area (Å²) < 4.78 is 27.2. The van der Waals surface area contributed by atoms with E-state index in [1.165, 1.54) is 26.7 Å². The zero-order chi connectivity index (χ0) is 22.7. The van der Waals surface area contributed by atoms with E-state index in [0.29, 0.717) is 35.1 Å². The van der Waals surface area contributed by atoms with Gasteiger partial charge >= 0.3 is 5.97 Å². The van der Waals surface area contributed by atoms with Crippen LogP contribution in [0.15, 0.2) is 27.4 Å². The molecule has 1 saturated heterocycles. The number of carbonyl (C=O) groups excluding carboxylic acids is 1. The third kappa shape index (κ3) is 4.52. The number of esters is 1. The molecule has 32 heavy (non-hydrogen) atoms. The van der Waals surface area contributed by atoms with Crippen molar-refractivity contribution in [1.82, 2.24) is 4.90 Å². The van der Waals surface area contributed by atoms with Gasteiger partial charge in [0.05, 0.1) is 33.1 Å². The van der Waals surface area contributed by atoms with Gasteiger partial charge in [0.15, 0.2) is 17.3 Å². The number of hydrogen-bond donors (Lipinski definition) is 1. The lowest BCUT2D eigenvalue weighted by Crippen LogP contribution is -2.29. The Labute approximate surface area is 185 Å². The van der Waals surface area contributed by atoms with Crippen molar-refractivity contribution in [3.05, 3.63) is 45.5 Å². The van der Waals surface area contributed by atoms with E-state index in [1.807, 2.05) is 0 Å². The Balaban J connectivity index is 1.76. The Morgan fingerprint density at radius 1 is 1.16 bits per heavy atom. The Morgan fingerprint density at radius 3 is 2.66 bits per heavy atom. The molecule has 0 bridgehead atoms. The summed E-state index contributed by atoms with van der Waals surface area (Å²) in [6, 6.07) is 4.68. The third-order valence-electron chi connectivity index (χ3n) is 5.83. The topological polar surface area (TPSA) is 108 Å². The molecular formula is C23H27NO8. The first-order chi connectivity index (χ1) is 15.5. The van der Waals surface area contributed by atoms with Gasteiger partial charge in [-0.25, -0.2) is 0 Å². The van der Waals surface area contributed by atoms with Gasteiger partial charge in [0, 0.05) is 6.07 Å². The molecule has 9 heteroatoms. The van der Waals surface area contributed by atoms with Crippen LogP contribution in [0.1, 0.15) is 48.7 Å². The second kappa shape index (κ2) is 9.52. The van der Waals surface area contributed by atoms with E-state index in [4.69, 9.17) is 23.4 Å². The van der Waals surface area contributed by atoms with Crippen molar-refractivity contribution in [3.63, 3.8) is 0 Å². The monoisotopic (exact) mass is 445 g/mol. The number of methoxy groups -OCH3 is 2.